The molecule has 1 aliphatic rings. The molecular formula is C11H10Br2O2. The van der Waals surface area contributed by atoms with Gasteiger partial charge in [-0.25, -0.2) is 0 Å². The lowest BCUT2D eigenvalue weighted by molar-refractivity contribution is -0.139. The van der Waals surface area contributed by atoms with Gasteiger partial charge in [0.25, 0.3) is 0 Å². The number of esters is 1. The highest BCUT2D eigenvalue weighted by Crippen LogP contribution is 2.46. The molecule has 1 saturated heterocycles. The topological polar surface area (TPSA) is 26.3 Å². The van der Waals surface area contributed by atoms with Crippen LogP contribution in [0, 0.1) is 0 Å². The molecule has 0 aromatic heterocycles. The van der Waals surface area contributed by atoms with Crippen LogP contribution in [0.25, 0.3) is 0 Å². The van der Waals surface area contributed by atoms with Gasteiger partial charge in [0.1, 0.15) is 4.32 Å². The molecule has 1 heterocycles. The van der Waals surface area contributed by atoms with Crippen molar-refractivity contribution < 1.29 is 9.53 Å². The highest BCUT2D eigenvalue weighted by molar-refractivity contribution is 9.12. The van der Waals surface area contributed by atoms with Crippen molar-refractivity contribution in [3.63, 3.8) is 0 Å². The Kier molecular flexibility index (Phi) is 3.16. The number of hydrogen-bond acceptors (Lipinski definition) is 2. The summed E-state index contributed by atoms with van der Waals surface area (Å²) in [6.45, 7) is 0.485. The Labute approximate surface area is 105 Å². The summed E-state index contributed by atoms with van der Waals surface area (Å²) in [4.78, 5) is 11.6. The Morgan fingerprint density at radius 2 is 2.00 bits per heavy atom. The Bertz CT molecular complexity index is 366. The molecule has 1 aromatic carbocycles. The molecule has 1 fully saturated rings. The molecule has 1 aliphatic heterocycles. The van der Waals surface area contributed by atoms with Crippen LogP contribution in [0.3, 0.4) is 0 Å². The van der Waals surface area contributed by atoms with Gasteiger partial charge in [0.05, 0.1) is 11.4 Å². The summed E-state index contributed by atoms with van der Waals surface area (Å²) in [6.07, 6.45) is 0.691. The summed E-state index contributed by atoms with van der Waals surface area (Å²) >= 11 is 7.05. The van der Waals surface area contributed by atoms with Crippen molar-refractivity contribution in [2.45, 2.75) is 15.6 Å². The molecule has 2 atom stereocenters. The fraction of sp³-hybridized carbons (Fsp3) is 0.364. The first-order chi connectivity index (χ1) is 7.14. The lowest BCUT2D eigenvalue weighted by Crippen LogP contribution is -2.31. The Hall–Kier alpha value is -0.350. The van der Waals surface area contributed by atoms with Crippen LogP contribution in [-0.2, 0) is 9.53 Å². The third-order valence-corrected chi connectivity index (χ3v) is 5.64. The predicted octanol–water partition coefficient (Wildman–Crippen LogP) is 3.20. The van der Waals surface area contributed by atoms with Gasteiger partial charge in [0.15, 0.2) is 0 Å². The van der Waals surface area contributed by atoms with Crippen LogP contribution in [0.4, 0.5) is 0 Å². The van der Waals surface area contributed by atoms with Crippen molar-refractivity contribution >= 4 is 37.8 Å². The Morgan fingerprint density at radius 3 is 2.53 bits per heavy atom. The van der Waals surface area contributed by atoms with Crippen LogP contribution in [0.1, 0.15) is 16.8 Å². The zero-order valence-electron chi connectivity index (χ0n) is 7.95. The molecule has 2 unspecified atom stereocenters. The number of halogens is 2. The number of carbonyl (C=O) groups is 1. The van der Waals surface area contributed by atoms with Crippen molar-refractivity contribution in [1.29, 1.82) is 0 Å². The first-order valence-electron chi connectivity index (χ1n) is 4.70. The molecule has 0 spiro atoms. The summed E-state index contributed by atoms with van der Waals surface area (Å²) in [6, 6.07) is 9.86. The average molecular weight is 334 g/mol. The van der Waals surface area contributed by atoms with E-state index in [9.17, 15) is 4.79 Å². The number of benzene rings is 1. The van der Waals surface area contributed by atoms with Gasteiger partial charge >= 0.3 is 5.97 Å². The summed E-state index contributed by atoms with van der Waals surface area (Å²) < 4.78 is 4.38. The highest BCUT2D eigenvalue weighted by Gasteiger charge is 2.48. The van der Waals surface area contributed by atoms with E-state index in [-0.39, 0.29) is 10.8 Å². The number of hydrogen-bond donors (Lipinski definition) is 0. The zero-order chi connectivity index (χ0) is 10.9. The molecule has 0 radical (unpaired) electrons. The minimum Gasteiger partial charge on any atom is -0.465 e. The Morgan fingerprint density at radius 1 is 1.33 bits per heavy atom. The second-order valence-electron chi connectivity index (χ2n) is 3.52. The fourth-order valence-electron chi connectivity index (χ4n) is 1.63. The Balaban J connectivity index is 2.28. The zero-order valence-corrected chi connectivity index (χ0v) is 11.1. The molecule has 4 heteroatoms. The van der Waals surface area contributed by atoms with Crippen LogP contribution in [0.5, 0.6) is 0 Å². The second-order valence-corrected chi connectivity index (χ2v) is 5.85. The summed E-state index contributed by atoms with van der Waals surface area (Å²) in [5.41, 5.74) is 1.08. The smallest absolute Gasteiger partial charge is 0.324 e. The molecule has 0 amide bonds. The van der Waals surface area contributed by atoms with Crippen molar-refractivity contribution in [3.8, 4) is 0 Å². The maximum absolute atomic E-state index is 11.6. The minimum absolute atomic E-state index is 0.0544. The number of ether oxygens (including phenoxy) is 1. The van der Waals surface area contributed by atoms with Crippen molar-refractivity contribution in [2.75, 3.05) is 6.61 Å². The molecule has 0 N–H and O–H groups in total. The maximum atomic E-state index is 11.6. The summed E-state index contributed by atoms with van der Waals surface area (Å²) in [7, 11) is 0. The minimum atomic E-state index is -0.617. The average Bonchev–Trinajstić information content (AvgIpc) is 2.61. The normalized spacial score (nSPS) is 27.5. The number of alkyl halides is 2. The van der Waals surface area contributed by atoms with E-state index in [0.29, 0.717) is 13.0 Å². The number of rotatable bonds is 2. The van der Waals surface area contributed by atoms with E-state index in [1.165, 1.54) is 0 Å². The molecule has 0 saturated carbocycles. The summed E-state index contributed by atoms with van der Waals surface area (Å²) in [5.74, 6) is -0.187. The van der Waals surface area contributed by atoms with Crippen molar-refractivity contribution in [1.82, 2.24) is 0 Å². The first-order valence-corrected chi connectivity index (χ1v) is 6.40. The molecule has 2 rings (SSSR count). The quantitative estimate of drug-likeness (QED) is 0.613. The fourth-order valence-corrected chi connectivity index (χ4v) is 2.89. The SMILES string of the molecule is O=C1OCCC1(Br)C(Br)c1ccccc1. The van der Waals surface area contributed by atoms with Gasteiger partial charge in [-0.2, -0.15) is 0 Å². The maximum Gasteiger partial charge on any atom is 0.324 e. The lowest BCUT2D eigenvalue weighted by atomic mass is 9.98. The molecular weight excluding hydrogens is 324 g/mol. The first kappa shape index (κ1) is 11.1. The number of cyclic esters (lactones) is 1. The van der Waals surface area contributed by atoms with E-state index < -0.39 is 4.32 Å². The van der Waals surface area contributed by atoms with E-state index >= 15 is 0 Å². The van der Waals surface area contributed by atoms with Crippen LogP contribution >= 0.6 is 31.9 Å². The van der Waals surface area contributed by atoms with E-state index in [2.05, 4.69) is 31.9 Å². The van der Waals surface area contributed by atoms with Gasteiger partial charge in [-0.15, -0.1) is 0 Å². The van der Waals surface area contributed by atoms with E-state index in [1.807, 2.05) is 30.3 Å². The molecule has 0 bridgehead atoms. The van der Waals surface area contributed by atoms with Gasteiger partial charge in [-0.05, 0) is 5.56 Å². The van der Waals surface area contributed by atoms with Crippen LogP contribution < -0.4 is 0 Å². The highest BCUT2D eigenvalue weighted by atomic mass is 79.9. The van der Waals surface area contributed by atoms with Crippen LogP contribution in [0.15, 0.2) is 30.3 Å². The third-order valence-electron chi connectivity index (χ3n) is 2.53. The molecule has 80 valence electrons. The second kappa shape index (κ2) is 4.26. The number of carbonyl (C=O) groups excluding carboxylic acids is 1. The molecule has 0 aliphatic carbocycles. The standard InChI is InChI=1S/C11H10Br2O2/c12-9(8-4-2-1-3-5-8)11(13)6-7-15-10(11)14/h1-5,9H,6-7H2. The molecule has 15 heavy (non-hydrogen) atoms. The van der Waals surface area contributed by atoms with Crippen LogP contribution in [0.2, 0.25) is 0 Å². The van der Waals surface area contributed by atoms with Gasteiger partial charge in [-0.3, -0.25) is 4.79 Å². The van der Waals surface area contributed by atoms with Crippen molar-refractivity contribution in [2.24, 2.45) is 0 Å². The molecule has 2 nitrogen and oxygen atoms in total. The molecule has 1 aromatic rings. The monoisotopic (exact) mass is 332 g/mol. The van der Waals surface area contributed by atoms with Gasteiger partial charge in [-0.1, -0.05) is 62.2 Å². The van der Waals surface area contributed by atoms with Crippen LogP contribution in [-0.4, -0.2) is 16.9 Å². The van der Waals surface area contributed by atoms with E-state index in [4.69, 9.17) is 4.74 Å². The van der Waals surface area contributed by atoms with E-state index in [0.717, 1.165) is 5.56 Å². The van der Waals surface area contributed by atoms with E-state index in [1.54, 1.807) is 0 Å². The lowest BCUT2D eigenvalue weighted by Gasteiger charge is -2.23. The largest absolute Gasteiger partial charge is 0.465 e. The van der Waals surface area contributed by atoms with Gasteiger partial charge < -0.3 is 4.74 Å². The third kappa shape index (κ3) is 1.97. The van der Waals surface area contributed by atoms with Gasteiger partial charge in [0, 0.05) is 6.42 Å². The summed E-state index contributed by atoms with van der Waals surface area (Å²) in [5, 5.41) is 0. The predicted molar refractivity (Wildman–Crippen MR) is 65.3 cm³/mol. The van der Waals surface area contributed by atoms with Crippen molar-refractivity contribution in [3.05, 3.63) is 35.9 Å². The van der Waals surface area contributed by atoms with Gasteiger partial charge in [0.2, 0.25) is 0 Å².